The average Bonchev–Trinajstić information content (AvgIpc) is 2.65. The Hall–Kier alpha value is -1.61. The number of nitrogens with zero attached hydrogens (tertiary/aromatic N) is 1. The van der Waals surface area contributed by atoms with Crippen LogP contribution in [0.2, 0.25) is 0 Å². The molecule has 0 aliphatic heterocycles. The van der Waals surface area contributed by atoms with E-state index in [1.807, 2.05) is 62.4 Å². The first-order valence-electron chi connectivity index (χ1n) is 8.99. The van der Waals surface area contributed by atoms with E-state index in [0.717, 1.165) is 13.6 Å². The molecule has 150 valence electrons. The van der Waals surface area contributed by atoms with Crippen LogP contribution in [0.1, 0.15) is 26.3 Å². The van der Waals surface area contributed by atoms with Crippen LogP contribution in [-0.2, 0) is 16.1 Å². The Labute approximate surface area is 188 Å². The summed E-state index contributed by atoms with van der Waals surface area (Å²) in [6.07, 6.45) is 0. The Bertz CT molecular complexity index is 794. The van der Waals surface area contributed by atoms with Gasteiger partial charge >= 0.3 is 0 Å². The number of benzene rings is 2. The minimum atomic E-state index is -0.612. The predicted molar refractivity (Wildman–Crippen MR) is 122 cm³/mol. The van der Waals surface area contributed by atoms with Crippen molar-refractivity contribution in [2.45, 2.75) is 39.4 Å². The maximum absolute atomic E-state index is 12.9. The largest absolute Gasteiger partial charge is 0.484 e. The summed E-state index contributed by atoms with van der Waals surface area (Å²) in [7, 11) is 0. The Morgan fingerprint density at radius 2 is 1.68 bits per heavy atom. The van der Waals surface area contributed by atoms with Crippen LogP contribution in [0.4, 0.5) is 0 Å². The first-order chi connectivity index (χ1) is 13.3. The van der Waals surface area contributed by atoms with Gasteiger partial charge in [0.15, 0.2) is 6.61 Å². The second-order valence-electron chi connectivity index (χ2n) is 6.73. The lowest BCUT2D eigenvalue weighted by atomic mass is 10.1. The summed E-state index contributed by atoms with van der Waals surface area (Å²) < 4.78 is 7.69. The normalized spacial score (nSPS) is 11.8. The van der Waals surface area contributed by atoms with Crippen molar-refractivity contribution in [1.29, 1.82) is 0 Å². The van der Waals surface area contributed by atoms with Crippen molar-refractivity contribution in [3.63, 3.8) is 0 Å². The molecule has 0 saturated heterocycles. The van der Waals surface area contributed by atoms with Crippen LogP contribution < -0.4 is 10.1 Å². The highest BCUT2D eigenvalue weighted by Crippen LogP contribution is 2.16. The van der Waals surface area contributed by atoms with Gasteiger partial charge in [-0.3, -0.25) is 9.59 Å². The zero-order valence-electron chi connectivity index (χ0n) is 16.1. The van der Waals surface area contributed by atoms with Gasteiger partial charge in [0.05, 0.1) is 0 Å². The molecule has 5 nitrogen and oxygen atoms in total. The van der Waals surface area contributed by atoms with Crippen molar-refractivity contribution < 1.29 is 14.3 Å². The lowest BCUT2D eigenvalue weighted by Gasteiger charge is -2.29. The summed E-state index contributed by atoms with van der Waals surface area (Å²) in [5.74, 6) is 0.194. The summed E-state index contributed by atoms with van der Waals surface area (Å²) in [4.78, 5) is 26.9. The van der Waals surface area contributed by atoms with Crippen molar-refractivity contribution in [3.05, 3.63) is 62.1 Å². The van der Waals surface area contributed by atoms with E-state index in [2.05, 4.69) is 43.8 Å². The third-order valence-electron chi connectivity index (χ3n) is 4.04. The summed E-state index contributed by atoms with van der Waals surface area (Å²) in [5, 5.41) is 2.87. The van der Waals surface area contributed by atoms with Gasteiger partial charge in [0.25, 0.3) is 5.91 Å². The fourth-order valence-corrected chi connectivity index (χ4v) is 3.16. The molecule has 2 aromatic carbocycles. The number of carbonyl (C=O) groups excluding carboxylic acids is 2. The Morgan fingerprint density at radius 1 is 1.07 bits per heavy atom. The van der Waals surface area contributed by atoms with Crippen molar-refractivity contribution in [2.75, 3.05) is 6.61 Å². The zero-order valence-corrected chi connectivity index (χ0v) is 19.9. The minimum absolute atomic E-state index is 0.00243. The highest BCUT2D eigenvalue weighted by Gasteiger charge is 2.26. The highest BCUT2D eigenvalue weighted by atomic mass is 127. The third kappa shape index (κ3) is 7.09. The maximum atomic E-state index is 12.9. The summed E-state index contributed by atoms with van der Waals surface area (Å²) in [5.41, 5.74) is 0.940. The number of carbonyl (C=O) groups is 2. The fraction of sp³-hybridized carbons (Fsp3) is 0.333. The summed E-state index contributed by atoms with van der Waals surface area (Å²) in [6.45, 7) is 5.72. The average molecular weight is 559 g/mol. The van der Waals surface area contributed by atoms with Crippen LogP contribution in [-0.4, -0.2) is 35.4 Å². The van der Waals surface area contributed by atoms with E-state index >= 15 is 0 Å². The van der Waals surface area contributed by atoms with E-state index in [0.29, 0.717) is 12.3 Å². The lowest BCUT2D eigenvalue weighted by molar-refractivity contribution is -0.142. The molecule has 2 aromatic rings. The SMILES string of the molecule is CC(C)NC(=O)[C@H](C)N(Cc1ccc(Br)cc1)C(=O)COc1ccc(I)cc1. The molecular formula is C21H24BrIN2O3. The smallest absolute Gasteiger partial charge is 0.261 e. The van der Waals surface area contributed by atoms with Gasteiger partial charge in [-0.25, -0.2) is 0 Å². The van der Waals surface area contributed by atoms with Gasteiger partial charge in [-0.1, -0.05) is 28.1 Å². The monoisotopic (exact) mass is 558 g/mol. The maximum Gasteiger partial charge on any atom is 0.261 e. The van der Waals surface area contributed by atoms with Crippen molar-refractivity contribution >= 4 is 50.3 Å². The van der Waals surface area contributed by atoms with Gasteiger partial charge in [-0.15, -0.1) is 0 Å². The molecule has 0 aromatic heterocycles. The van der Waals surface area contributed by atoms with Crippen LogP contribution in [0.15, 0.2) is 53.0 Å². The van der Waals surface area contributed by atoms with Crippen LogP contribution in [0.25, 0.3) is 0 Å². The molecule has 1 N–H and O–H groups in total. The van der Waals surface area contributed by atoms with Gasteiger partial charge in [-0.05, 0) is 85.3 Å². The van der Waals surface area contributed by atoms with Gasteiger partial charge in [0.2, 0.25) is 5.91 Å². The number of nitrogens with one attached hydrogen (secondary N) is 1. The summed E-state index contributed by atoms with van der Waals surface area (Å²) >= 11 is 5.62. The van der Waals surface area contributed by atoms with Gasteiger partial charge in [0.1, 0.15) is 11.8 Å². The molecule has 7 heteroatoms. The van der Waals surface area contributed by atoms with Crippen LogP contribution >= 0.6 is 38.5 Å². The van der Waals surface area contributed by atoms with Crippen molar-refractivity contribution in [3.8, 4) is 5.75 Å². The fourth-order valence-electron chi connectivity index (χ4n) is 2.53. The first-order valence-corrected chi connectivity index (χ1v) is 10.9. The Morgan fingerprint density at radius 3 is 2.25 bits per heavy atom. The van der Waals surface area contributed by atoms with Crippen molar-refractivity contribution in [2.24, 2.45) is 0 Å². The number of hydrogen-bond donors (Lipinski definition) is 1. The lowest BCUT2D eigenvalue weighted by Crippen LogP contribution is -2.50. The van der Waals surface area contributed by atoms with Crippen LogP contribution in [0.3, 0.4) is 0 Å². The minimum Gasteiger partial charge on any atom is -0.484 e. The molecule has 0 radical (unpaired) electrons. The Kier molecular flexibility index (Phi) is 8.75. The van der Waals surface area contributed by atoms with Gasteiger partial charge in [0, 0.05) is 20.6 Å². The predicted octanol–water partition coefficient (Wildman–Crippen LogP) is 4.37. The van der Waals surface area contributed by atoms with Gasteiger partial charge < -0.3 is 15.0 Å². The van der Waals surface area contributed by atoms with Gasteiger partial charge in [-0.2, -0.15) is 0 Å². The van der Waals surface area contributed by atoms with E-state index in [-0.39, 0.29) is 24.5 Å². The van der Waals surface area contributed by atoms with Crippen LogP contribution in [0.5, 0.6) is 5.75 Å². The van der Waals surface area contributed by atoms with E-state index in [1.54, 1.807) is 11.8 Å². The quantitative estimate of drug-likeness (QED) is 0.489. The molecular weight excluding hydrogens is 535 g/mol. The molecule has 0 fully saturated rings. The molecule has 0 saturated carbocycles. The Balaban J connectivity index is 2.12. The number of hydrogen-bond acceptors (Lipinski definition) is 3. The summed E-state index contributed by atoms with van der Waals surface area (Å²) in [6, 6.07) is 14.6. The molecule has 2 rings (SSSR count). The van der Waals surface area contributed by atoms with E-state index in [9.17, 15) is 9.59 Å². The second kappa shape index (κ2) is 10.8. The molecule has 1 atom stereocenters. The number of rotatable bonds is 8. The standard InChI is InChI=1S/C21H24BrIN2O3/c1-14(2)24-21(27)15(3)25(12-16-4-6-17(22)7-5-16)20(26)13-28-19-10-8-18(23)9-11-19/h4-11,14-15H,12-13H2,1-3H3,(H,24,27)/t15-/m0/s1. The van der Waals surface area contributed by atoms with Crippen molar-refractivity contribution in [1.82, 2.24) is 10.2 Å². The van der Waals surface area contributed by atoms with E-state index in [1.165, 1.54) is 0 Å². The zero-order chi connectivity index (χ0) is 20.7. The molecule has 0 aliphatic rings. The second-order valence-corrected chi connectivity index (χ2v) is 8.89. The molecule has 0 aliphatic carbocycles. The third-order valence-corrected chi connectivity index (χ3v) is 5.29. The number of amides is 2. The molecule has 0 unspecified atom stereocenters. The topological polar surface area (TPSA) is 58.6 Å². The van der Waals surface area contributed by atoms with E-state index < -0.39 is 6.04 Å². The highest BCUT2D eigenvalue weighted by molar-refractivity contribution is 14.1. The molecule has 2 amide bonds. The molecule has 0 bridgehead atoms. The van der Waals surface area contributed by atoms with E-state index in [4.69, 9.17) is 4.74 Å². The molecule has 0 heterocycles. The number of ether oxygens (including phenoxy) is 1. The molecule has 0 spiro atoms. The molecule has 28 heavy (non-hydrogen) atoms. The number of halogens is 2. The van der Waals surface area contributed by atoms with Crippen LogP contribution in [0, 0.1) is 3.57 Å². The first kappa shape index (κ1) is 22.7.